The van der Waals surface area contributed by atoms with Gasteiger partial charge < -0.3 is 15.3 Å². The summed E-state index contributed by atoms with van der Waals surface area (Å²) in [7, 11) is 1.58. The molecule has 1 aromatic carbocycles. The Hall–Kier alpha value is -1.56. The van der Waals surface area contributed by atoms with E-state index in [0.29, 0.717) is 0 Å². The monoisotopic (exact) mass is 328 g/mol. The Labute approximate surface area is 120 Å². The van der Waals surface area contributed by atoms with Crippen LogP contribution in [0.5, 0.6) is 0 Å². The summed E-state index contributed by atoms with van der Waals surface area (Å²) >= 11 is 3.35. The van der Waals surface area contributed by atoms with Gasteiger partial charge in [0.2, 0.25) is 0 Å². The van der Waals surface area contributed by atoms with Gasteiger partial charge in [0.05, 0.1) is 12.5 Å². The van der Waals surface area contributed by atoms with E-state index in [1.807, 2.05) is 31.2 Å². The molecule has 0 aromatic heterocycles. The Kier molecular flexibility index (Phi) is 5.82. The first-order valence-corrected chi connectivity index (χ1v) is 6.68. The topological polar surface area (TPSA) is 69.6 Å². The van der Waals surface area contributed by atoms with Crippen molar-refractivity contribution in [1.29, 1.82) is 0 Å². The second kappa shape index (κ2) is 7.13. The van der Waals surface area contributed by atoms with Crippen molar-refractivity contribution in [2.45, 2.75) is 19.4 Å². The van der Waals surface area contributed by atoms with Crippen molar-refractivity contribution in [2.24, 2.45) is 0 Å². The number of hydrogen-bond acceptors (Lipinski definition) is 2. The first-order valence-electron chi connectivity index (χ1n) is 5.89. The van der Waals surface area contributed by atoms with Gasteiger partial charge >= 0.3 is 12.0 Å². The average molecular weight is 329 g/mol. The molecule has 1 aromatic rings. The fraction of sp³-hybridized carbons (Fsp3) is 0.385. The number of carboxylic acid groups (broad SMARTS) is 1. The quantitative estimate of drug-likeness (QED) is 0.872. The fourth-order valence-corrected chi connectivity index (χ4v) is 1.76. The van der Waals surface area contributed by atoms with Crippen LogP contribution in [0.1, 0.15) is 24.9 Å². The summed E-state index contributed by atoms with van der Waals surface area (Å²) in [5, 5.41) is 11.4. The first-order chi connectivity index (χ1) is 8.90. The van der Waals surface area contributed by atoms with Gasteiger partial charge in [-0.15, -0.1) is 0 Å². The number of nitrogens with one attached hydrogen (secondary N) is 1. The Morgan fingerprint density at radius 3 is 2.47 bits per heavy atom. The van der Waals surface area contributed by atoms with E-state index in [-0.39, 0.29) is 25.0 Å². The number of carbonyl (C=O) groups excluding carboxylic acids is 1. The van der Waals surface area contributed by atoms with E-state index in [4.69, 9.17) is 5.11 Å². The van der Waals surface area contributed by atoms with Crippen LogP contribution >= 0.6 is 15.9 Å². The highest BCUT2D eigenvalue weighted by atomic mass is 79.9. The van der Waals surface area contributed by atoms with Crippen LogP contribution < -0.4 is 5.32 Å². The number of urea groups is 1. The summed E-state index contributed by atoms with van der Waals surface area (Å²) in [5.74, 6) is -0.916. The van der Waals surface area contributed by atoms with Crippen molar-refractivity contribution >= 4 is 27.9 Å². The third-order valence-electron chi connectivity index (χ3n) is 2.72. The Bertz CT molecular complexity index is 448. The second-order valence-corrected chi connectivity index (χ2v) is 5.20. The number of carboxylic acids is 1. The number of rotatable bonds is 5. The third-order valence-corrected chi connectivity index (χ3v) is 3.25. The van der Waals surface area contributed by atoms with E-state index in [9.17, 15) is 9.59 Å². The van der Waals surface area contributed by atoms with Crippen molar-refractivity contribution in [3.05, 3.63) is 34.3 Å². The molecule has 0 aliphatic heterocycles. The van der Waals surface area contributed by atoms with Gasteiger partial charge in [0.1, 0.15) is 0 Å². The molecule has 1 atom stereocenters. The molecule has 0 saturated heterocycles. The molecule has 5 nitrogen and oxygen atoms in total. The van der Waals surface area contributed by atoms with E-state index >= 15 is 0 Å². The number of aliphatic carboxylic acids is 1. The van der Waals surface area contributed by atoms with Crippen LogP contribution in [0.25, 0.3) is 0 Å². The Balaban J connectivity index is 2.51. The lowest BCUT2D eigenvalue weighted by Gasteiger charge is -2.21. The maximum atomic E-state index is 11.8. The SMILES string of the molecule is C[C@@H](NC(=O)N(C)CCC(=O)O)c1ccc(Br)cc1. The lowest BCUT2D eigenvalue weighted by molar-refractivity contribution is -0.137. The predicted octanol–water partition coefficient (Wildman–Crippen LogP) is 2.63. The normalized spacial score (nSPS) is 11.7. The molecule has 6 heteroatoms. The highest BCUT2D eigenvalue weighted by molar-refractivity contribution is 9.10. The number of carbonyl (C=O) groups is 2. The summed E-state index contributed by atoms with van der Waals surface area (Å²) < 4.78 is 0.980. The largest absolute Gasteiger partial charge is 0.481 e. The number of benzene rings is 1. The molecule has 0 aliphatic carbocycles. The van der Waals surface area contributed by atoms with E-state index < -0.39 is 5.97 Å². The maximum Gasteiger partial charge on any atom is 0.317 e. The number of amides is 2. The average Bonchev–Trinajstić information content (AvgIpc) is 2.36. The van der Waals surface area contributed by atoms with Crippen molar-refractivity contribution in [2.75, 3.05) is 13.6 Å². The highest BCUT2D eigenvalue weighted by Gasteiger charge is 2.13. The summed E-state index contributed by atoms with van der Waals surface area (Å²) in [6.45, 7) is 2.07. The minimum Gasteiger partial charge on any atom is -0.481 e. The summed E-state index contributed by atoms with van der Waals surface area (Å²) in [4.78, 5) is 23.6. The zero-order valence-corrected chi connectivity index (χ0v) is 12.5. The molecule has 0 unspecified atom stereocenters. The smallest absolute Gasteiger partial charge is 0.317 e. The maximum absolute atomic E-state index is 11.8. The van der Waals surface area contributed by atoms with Gasteiger partial charge in [0, 0.05) is 18.1 Å². The Morgan fingerprint density at radius 1 is 1.37 bits per heavy atom. The van der Waals surface area contributed by atoms with Crippen LogP contribution in [-0.4, -0.2) is 35.6 Å². The second-order valence-electron chi connectivity index (χ2n) is 4.29. The molecule has 19 heavy (non-hydrogen) atoms. The molecule has 0 heterocycles. The molecule has 0 radical (unpaired) electrons. The lowest BCUT2D eigenvalue weighted by atomic mass is 10.1. The zero-order chi connectivity index (χ0) is 14.4. The van der Waals surface area contributed by atoms with Gasteiger partial charge in [-0.05, 0) is 24.6 Å². The van der Waals surface area contributed by atoms with Gasteiger partial charge in [-0.25, -0.2) is 4.79 Å². The van der Waals surface area contributed by atoms with E-state index in [1.165, 1.54) is 4.90 Å². The van der Waals surface area contributed by atoms with Gasteiger partial charge in [-0.2, -0.15) is 0 Å². The molecule has 0 aliphatic rings. The molecule has 0 bridgehead atoms. The van der Waals surface area contributed by atoms with Crippen molar-refractivity contribution in [1.82, 2.24) is 10.2 Å². The molecular formula is C13H17BrN2O3. The number of halogens is 1. The van der Waals surface area contributed by atoms with E-state index in [1.54, 1.807) is 7.05 Å². The third kappa shape index (κ3) is 5.30. The molecule has 0 spiro atoms. The molecule has 1 rings (SSSR count). The van der Waals surface area contributed by atoms with Crippen LogP contribution in [-0.2, 0) is 4.79 Å². The van der Waals surface area contributed by atoms with Crippen LogP contribution in [0.15, 0.2) is 28.7 Å². The minimum atomic E-state index is -0.916. The molecular weight excluding hydrogens is 312 g/mol. The fourth-order valence-electron chi connectivity index (χ4n) is 1.50. The first kappa shape index (κ1) is 15.5. The van der Waals surface area contributed by atoms with Crippen molar-refractivity contribution < 1.29 is 14.7 Å². The van der Waals surface area contributed by atoms with Crippen LogP contribution in [0.3, 0.4) is 0 Å². The van der Waals surface area contributed by atoms with Crippen LogP contribution in [0.2, 0.25) is 0 Å². The van der Waals surface area contributed by atoms with Gasteiger partial charge in [-0.3, -0.25) is 4.79 Å². The van der Waals surface area contributed by atoms with Gasteiger partial charge in [0.25, 0.3) is 0 Å². The highest BCUT2D eigenvalue weighted by Crippen LogP contribution is 2.16. The predicted molar refractivity (Wildman–Crippen MR) is 76.0 cm³/mol. The zero-order valence-electron chi connectivity index (χ0n) is 10.9. The summed E-state index contributed by atoms with van der Waals surface area (Å²) in [6.07, 6.45) is -0.0589. The van der Waals surface area contributed by atoms with E-state index in [2.05, 4.69) is 21.2 Å². The lowest BCUT2D eigenvalue weighted by Crippen LogP contribution is -2.39. The molecule has 2 N–H and O–H groups in total. The molecule has 0 fully saturated rings. The number of nitrogens with zero attached hydrogens (tertiary/aromatic N) is 1. The van der Waals surface area contributed by atoms with E-state index in [0.717, 1.165) is 10.0 Å². The van der Waals surface area contributed by atoms with Crippen molar-refractivity contribution in [3.8, 4) is 0 Å². The number of hydrogen-bond donors (Lipinski definition) is 2. The van der Waals surface area contributed by atoms with Gasteiger partial charge in [0.15, 0.2) is 0 Å². The summed E-state index contributed by atoms with van der Waals surface area (Å²) in [6, 6.07) is 7.25. The molecule has 2 amide bonds. The van der Waals surface area contributed by atoms with Gasteiger partial charge in [-0.1, -0.05) is 28.1 Å². The van der Waals surface area contributed by atoms with Crippen molar-refractivity contribution in [3.63, 3.8) is 0 Å². The molecule has 104 valence electrons. The standard InChI is InChI=1S/C13H17BrN2O3/c1-9(10-3-5-11(14)6-4-10)15-13(19)16(2)8-7-12(17)18/h3-6,9H,7-8H2,1-2H3,(H,15,19)(H,17,18)/t9-/m1/s1. The minimum absolute atomic E-state index is 0.0589. The Morgan fingerprint density at radius 2 is 1.95 bits per heavy atom. The summed E-state index contributed by atoms with van der Waals surface area (Å²) in [5.41, 5.74) is 0.989. The van der Waals surface area contributed by atoms with Crippen LogP contribution in [0.4, 0.5) is 4.79 Å². The molecule has 0 saturated carbocycles. The van der Waals surface area contributed by atoms with Crippen LogP contribution in [0, 0.1) is 0 Å².